The van der Waals surface area contributed by atoms with E-state index < -0.39 is 0 Å². The average Bonchev–Trinajstić information content (AvgIpc) is 0.741. The van der Waals surface area contributed by atoms with Gasteiger partial charge >= 0.3 is 0 Å². The summed E-state index contributed by atoms with van der Waals surface area (Å²) in [4.78, 5) is 29.9. The molecule has 0 unspecified atom stereocenters. The lowest BCUT2D eigenvalue weighted by atomic mass is 9.85. The molecule has 0 saturated heterocycles. The van der Waals surface area contributed by atoms with Gasteiger partial charge in [-0.2, -0.15) is 0 Å². The molecule has 0 N–H and O–H groups in total. The van der Waals surface area contributed by atoms with Gasteiger partial charge < -0.3 is 0 Å². The molecule has 4 heterocycles. The maximum Gasteiger partial charge on any atom is 0.160 e. The van der Waals surface area contributed by atoms with Crippen LogP contribution >= 0.6 is 0 Å². The van der Waals surface area contributed by atoms with Crippen molar-refractivity contribution in [3.63, 3.8) is 0 Å². The minimum atomic E-state index is 0.689. The van der Waals surface area contributed by atoms with Crippen molar-refractivity contribution in [2.45, 2.75) is 12.8 Å². The first-order valence-electron chi connectivity index (χ1n) is 36.8. The van der Waals surface area contributed by atoms with E-state index in [1.54, 1.807) is 6.20 Å². The fourth-order valence-electron chi connectivity index (χ4n) is 16.0. The van der Waals surface area contributed by atoms with Gasteiger partial charge in [-0.15, -0.1) is 0 Å². The molecule has 0 spiro atoms. The maximum absolute atomic E-state index is 5.45. The van der Waals surface area contributed by atoms with Gasteiger partial charge in [0.2, 0.25) is 0 Å². The zero-order valence-electron chi connectivity index (χ0n) is 59.0. The van der Waals surface area contributed by atoms with E-state index in [-0.39, 0.29) is 0 Å². The number of benzene rings is 15. The normalized spacial score (nSPS) is 12.1. The molecule has 1 aliphatic rings. The Morgan fingerprint density at radius 2 is 0.583 bits per heavy atom. The first kappa shape index (κ1) is 64.6. The molecule has 506 valence electrons. The van der Waals surface area contributed by atoms with Crippen molar-refractivity contribution < 1.29 is 0 Å². The number of hydrogen-bond donors (Lipinski definition) is 0. The SMILES string of the molecule is C1=C(c2cccnc2)CCC=C1c1cc(-c2cc3ccccc3c3ccccc23)nc(-c2cccc(-c3c4ccccc4c(-c4ccccc4)c4ccccc34)c2)n1.c1ccc(-c2cc(-c3ccc(-c4cccnc4)cc3)nc(-c3cccc(-c4c5ccccc5c(-c5ccccc5)c5ccccc45)c3)n2)cc1. The Balaban J connectivity index is 0.000000149. The van der Waals surface area contributed by atoms with Gasteiger partial charge in [0.05, 0.1) is 22.8 Å². The molecule has 108 heavy (non-hydrogen) atoms. The summed E-state index contributed by atoms with van der Waals surface area (Å²) < 4.78 is 0. The van der Waals surface area contributed by atoms with Crippen LogP contribution in [0.2, 0.25) is 0 Å². The average molecular weight is 1380 g/mol. The number of rotatable bonds is 12. The zero-order valence-corrected chi connectivity index (χ0v) is 59.0. The van der Waals surface area contributed by atoms with E-state index in [2.05, 4.69) is 356 Å². The Bertz CT molecular complexity index is 6580. The van der Waals surface area contributed by atoms with E-state index in [1.807, 2.05) is 36.8 Å². The third-order valence-corrected chi connectivity index (χ3v) is 21.0. The van der Waals surface area contributed by atoms with Gasteiger partial charge in [-0.25, -0.2) is 19.9 Å². The molecule has 0 bridgehead atoms. The molecular formula is C102H68N6. The first-order valence-corrected chi connectivity index (χ1v) is 36.8. The predicted octanol–water partition coefficient (Wildman–Crippen LogP) is 26.6. The van der Waals surface area contributed by atoms with E-state index in [1.165, 1.54) is 104 Å². The highest BCUT2D eigenvalue weighted by Crippen LogP contribution is 2.47. The van der Waals surface area contributed by atoms with Crippen molar-refractivity contribution in [1.82, 2.24) is 29.9 Å². The van der Waals surface area contributed by atoms with Crippen LogP contribution in [-0.2, 0) is 0 Å². The number of nitrogens with zero attached hydrogens (tertiary/aromatic N) is 6. The predicted molar refractivity (Wildman–Crippen MR) is 451 cm³/mol. The topological polar surface area (TPSA) is 77.3 Å². The van der Waals surface area contributed by atoms with Crippen LogP contribution in [0.15, 0.2) is 389 Å². The highest BCUT2D eigenvalue weighted by molar-refractivity contribution is 6.23. The molecular weight excluding hydrogens is 1310 g/mol. The summed E-state index contributed by atoms with van der Waals surface area (Å²) in [5, 5.41) is 14.6. The van der Waals surface area contributed by atoms with Gasteiger partial charge in [0, 0.05) is 52.6 Å². The van der Waals surface area contributed by atoms with Crippen LogP contribution in [0, 0.1) is 0 Å². The third kappa shape index (κ3) is 12.3. The van der Waals surface area contributed by atoms with Crippen molar-refractivity contribution in [2.75, 3.05) is 0 Å². The van der Waals surface area contributed by atoms with Gasteiger partial charge in [-0.3, -0.25) is 9.97 Å². The van der Waals surface area contributed by atoms with Crippen molar-refractivity contribution in [3.8, 4) is 112 Å². The van der Waals surface area contributed by atoms with Crippen LogP contribution in [-0.4, -0.2) is 29.9 Å². The Morgan fingerprint density at radius 3 is 1.07 bits per heavy atom. The molecule has 0 radical (unpaired) electrons. The summed E-state index contributed by atoms with van der Waals surface area (Å²) in [6.45, 7) is 0. The van der Waals surface area contributed by atoms with E-state index in [9.17, 15) is 0 Å². The van der Waals surface area contributed by atoms with Gasteiger partial charge in [-0.1, -0.05) is 315 Å². The minimum Gasteiger partial charge on any atom is -0.264 e. The molecule has 1 aliphatic carbocycles. The van der Waals surface area contributed by atoms with Crippen LogP contribution in [0.4, 0.5) is 0 Å². The lowest BCUT2D eigenvalue weighted by Crippen LogP contribution is -2.01. The minimum absolute atomic E-state index is 0.689. The molecule has 0 aliphatic heterocycles. The second-order valence-electron chi connectivity index (χ2n) is 27.5. The van der Waals surface area contributed by atoms with E-state index in [4.69, 9.17) is 19.9 Å². The first-order chi connectivity index (χ1) is 53.6. The lowest BCUT2D eigenvalue weighted by Gasteiger charge is -2.18. The molecule has 6 nitrogen and oxygen atoms in total. The number of allylic oxidation sites excluding steroid dienone is 4. The zero-order chi connectivity index (χ0) is 71.7. The summed E-state index contributed by atoms with van der Waals surface area (Å²) in [5.74, 6) is 1.39. The van der Waals surface area contributed by atoms with E-state index in [0.29, 0.717) is 11.6 Å². The number of pyridine rings is 2. The molecule has 20 rings (SSSR count). The summed E-state index contributed by atoms with van der Waals surface area (Å²) in [7, 11) is 0. The monoisotopic (exact) mass is 1380 g/mol. The highest BCUT2D eigenvalue weighted by Gasteiger charge is 2.23. The summed E-state index contributed by atoms with van der Waals surface area (Å²) in [6, 6.07) is 125. The maximum atomic E-state index is 5.45. The van der Waals surface area contributed by atoms with Crippen LogP contribution in [0.3, 0.4) is 0 Å². The molecule has 0 atom stereocenters. The summed E-state index contributed by atoms with van der Waals surface area (Å²) >= 11 is 0. The van der Waals surface area contributed by atoms with Crippen molar-refractivity contribution in [3.05, 3.63) is 400 Å². The fourth-order valence-corrected chi connectivity index (χ4v) is 16.0. The summed E-state index contributed by atoms with van der Waals surface area (Å²) in [5.41, 5.74) is 24.0. The van der Waals surface area contributed by atoms with Gasteiger partial charge in [-0.05, 0) is 198 Å². The Labute approximate surface area is 626 Å². The second kappa shape index (κ2) is 28.4. The fraction of sp³-hybridized carbons (Fsp3) is 0.0196. The standard InChI is InChI=1S/C55H37N3.C47H31N3/c1-2-15-36(16-3-1)53-46-26-8-10-28-48(46)54(49-29-11-9-27-47(49)53)40-20-13-21-41(32-40)55-57-51(39-19-12-18-37(31-39)42-22-14-30-56-35-42)34-52(58-55)50-33-38-17-4-5-23-43(38)44-24-6-7-25-45(44)50;1-3-13-33(14-4-1)43-30-44(34-26-24-32(25-27-34)38-19-12-28-48-31-38)50-47(49-43)37-18-11-17-36(29-37)46-41-22-9-7-20-39(41)45(35-15-5-2-6-16-35)40-21-8-10-23-42(40)46/h1-11,13-17,19-35H,12,18H2;1-31H. The molecule has 0 saturated carbocycles. The molecule has 0 amide bonds. The van der Waals surface area contributed by atoms with Crippen molar-refractivity contribution in [1.29, 1.82) is 0 Å². The number of fused-ring (bicyclic) bond motifs is 7. The van der Waals surface area contributed by atoms with E-state index >= 15 is 0 Å². The smallest absolute Gasteiger partial charge is 0.160 e. The van der Waals surface area contributed by atoms with Gasteiger partial charge in [0.1, 0.15) is 0 Å². The Hall–Kier alpha value is -14.2. The third-order valence-electron chi connectivity index (χ3n) is 21.0. The van der Waals surface area contributed by atoms with Crippen molar-refractivity contribution >= 4 is 75.8 Å². The van der Waals surface area contributed by atoms with Crippen LogP contribution < -0.4 is 0 Å². The Kier molecular flexibility index (Phi) is 17.0. The quantitative estimate of drug-likeness (QED) is 0.0896. The van der Waals surface area contributed by atoms with Crippen LogP contribution in [0.5, 0.6) is 0 Å². The summed E-state index contributed by atoms with van der Waals surface area (Å²) in [6.07, 6.45) is 14.0. The molecule has 19 aromatic rings. The molecule has 15 aromatic carbocycles. The van der Waals surface area contributed by atoms with Gasteiger partial charge in [0.15, 0.2) is 11.6 Å². The van der Waals surface area contributed by atoms with Crippen molar-refractivity contribution in [2.24, 2.45) is 0 Å². The Morgan fingerprint density at radius 1 is 0.222 bits per heavy atom. The van der Waals surface area contributed by atoms with E-state index in [0.717, 1.165) is 96.8 Å². The number of hydrogen-bond acceptors (Lipinski definition) is 6. The largest absolute Gasteiger partial charge is 0.264 e. The molecule has 0 fully saturated rings. The van der Waals surface area contributed by atoms with Crippen LogP contribution in [0.1, 0.15) is 24.1 Å². The second-order valence-corrected chi connectivity index (χ2v) is 27.5. The lowest BCUT2D eigenvalue weighted by molar-refractivity contribution is 1.05. The number of aromatic nitrogens is 6. The van der Waals surface area contributed by atoms with Gasteiger partial charge in [0.25, 0.3) is 0 Å². The van der Waals surface area contributed by atoms with Crippen LogP contribution in [0.25, 0.3) is 188 Å². The molecule has 4 aromatic heterocycles. The molecule has 6 heteroatoms. The highest BCUT2D eigenvalue weighted by atomic mass is 14.9.